The van der Waals surface area contributed by atoms with Gasteiger partial charge in [-0.2, -0.15) is 0 Å². The molecule has 1 atom stereocenters. The second-order valence-corrected chi connectivity index (χ2v) is 4.80. The number of benzene rings is 1. The Bertz CT molecular complexity index is 428. The van der Waals surface area contributed by atoms with Crippen molar-refractivity contribution in [2.24, 2.45) is 0 Å². The van der Waals surface area contributed by atoms with E-state index < -0.39 is 6.10 Å². The van der Waals surface area contributed by atoms with Crippen LogP contribution in [0.4, 0.5) is 5.69 Å². The zero-order valence-corrected chi connectivity index (χ0v) is 12.7. The number of rotatable bonds is 11. The third-order valence-corrected chi connectivity index (χ3v) is 2.90. The first-order chi connectivity index (χ1) is 10.3. The van der Waals surface area contributed by atoms with Gasteiger partial charge >= 0.3 is 0 Å². The molecule has 21 heavy (non-hydrogen) atoms. The second-order valence-electron chi connectivity index (χ2n) is 4.80. The van der Waals surface area contributed by atoms with Gasteiger partial charge in [-0.25, -0.2) is 0 Å². The van der Waals surface area contributed by atoms with Crippen molar-refractivity contribution in [3.05, 3.63) is 29.8 Å². The lowest BCUT2D eigenvalue weighted by atomic mass is 10.2. The Kier molecular flexibility index (Phi) is 9.30. The molecule has 0 radical (unpaired) electrons. The highest BCUT2D eigenvalue weighted by atomic mass is 16.5. The summed E-state index contributed by atoms with van der Waals surface area (Å²) in [7, 11) is 0. The lowest BCUT2D eigenvalue weighted by molar-refractivity contribution is 0.00749. The summed E-state index contributed by atoms with van der Waals surface area (Å²) in [6, 6.07) is 7.53. The van der Waals surface area contributed by atoms with Gasteiger partial charge in [0.2, 0.25) is 0 Å². The predicted octanol–water partition coefficient (Wildman–Crippen LogP) is 2.27. The Morgan fingerprint density at radius 2 is 2.10 bits per heavy atom. The third kappa shape index (κ3) is 8.36. The maximum absolute atomic E-state index is 9.81. The van der Waals surface area contributed by atoms with Crippen LogP contribution in [0.3, 0.4) is 0 Å². The minimum atomic E-state index is -0.560. The van der Waals surface area contributed by atoms with Crippen LogP contribution in [0.25, 0.3) is 0 Å². The summed E-state index contributed by atoms with van der Waals surface area (Å²) in [5.74, 6) is 2.58. The number of hydrogen-bond donors (Lipinski definition) is 2. The molecule has 1 rings (SSSR count). The van der Waals surface area contributed by atoms with Gasteiger partial charge < -0.3 is 19.9 Å². The Labute approximate surface area is 127 Å². The fourth-order valence-electron chi connectivity index (χ4n) is 1.70. The van der Waals surface area contributed by atoms with Gasteiger partial charge in [0, 0.05) is 24.4 Å². The molecule has 1 aromatic rings. The summed E-state index contributed by atoms with van der Waals surface area (Å²) in [4.78, 5) is 0. The molecule has 0 fully saturated rings. The molecule has 0 bridgehead atoms. The van der Waals surface area contributed by atoms with Crippen LogP contribution in [-0.4, -0.2) is 44.2 Å². The monoisotopic (exact) mass is 291 g/mol. The van der Waals surface area contributed by atoms with E-state index in [0.29, 0.717) is 26.4 Å². The third-order valence-electron chi connectivity index (χ3n) is 2.90. The van der Waals surface area contributed by atoms with Crippen molar-refractivity contribution in [1.29, 1.82) is 0 Å². The van der Waals surface area contributed by atoms with Crippen molar-refractivity contribution in [2.45, 2.75) is 25.9 Å². The highest BCUT2D eigenvalue weighted by molar-refractivity contribution is 5.49. The number of hydrogen-bond acceptors (Lipinski definition) is 4. The number of aliphatic hydroxyl groups is 1. The van der Waals surface area contributed by atoms with E-state index in [1.807, 2.05) is 24.3 Å². The SMILES string of the molecule is C#Cc1cccc(NCC(O)COCCOCCCC)c1. The zero-order valence-electron chi connectivity index (χ0n) is 12.7. The number of anilines is 1. The number of nitrogens with one attached hydrogen (secondary N) is 1. The molecule has 4 heteroatoms. The van der Waals surface area contributed by atoms with Crippen LogP contribution in [0.2, 0.25) is 0 Å². The Morgan fingerprint density at radius 3 is 2.86 bits per heavy atom. The summed E-state index contributed by atoms with van der Waals surface area (Å²) in [6.07, 6.45) is 6.98. The van der Waals surface area contributed by atoms with E-state index in [4.69, 9.17) is 15.9 Å². The van der Waals surface area contributed by atoms with Gasteiger partial charge in [0.15, 0.2) is 0 Å². The van der Waals surface area contributed by atoms with E-state index >= 15 is 0 Å². The fourth-order valence-corrected chi connectivity index (χ4v) is 1.70. The molecule has 1 unspecified atom stereocenters. The molecule has 0 aliphatic rings. The average molecular weight is 291 g/mol. The van der Waals surface area contributed by atoms with Crippen LogP contribution < -0.4 is 5.32 Å². The molecule has 0 aliphatic carbocycles. The van der Waals surface area contributed by atoms with E-state index in [0.717, 1.165) is 30.7 Å². The number of ether oxygens (including phenoxy) is 2. The lowest BCUT2D eigenvalue weighted by Gasteiger charge is -2.13. The highest BCUT2D eigenvalue weighted by Gasteiger charge is 2.04. The maximum atomic E-state index is 9.81. The van der Waals surface area contributed by atoms with Gasteiger partial charge in [0.05, 0.1) is 25.9 Å². The van der Waals surface area contributed by atoms with Crippen molar-refractivity contribution in [3.63, 3.8) is 0 Å². The van der Waals surface area contributed by atoms with Gasteiger partial charge in [-0.05, 0) is 24.6 Å². The molecular weight excluding hydrogens is 266 g/mol. The van der Waals surface area contributed by atoms with E-state index in [-0.39, 0.29) is 0 Å². The Hall–Kier alpha value is -1.54. The molecule has 0 aromatic heterocycles. The van der Waals surface area contributed by atoms with E-state index in [2.05, 4.69) is 18.2 Å². The van der Waals surface area contributed by atoms with Crippen LogP contribution in [0.1, 0.15) is 25.3 Å². The largest absolute Gasteiger partial charge is 0.389 e. The van der Waals surface area contributed by atoms with Crippen LogP contribution in [0.5, 0.6) is 0 Å². The molecule has 1 aromatic carbocycles. The molecule has 0 aliphatic heterocycles. The summed E-state index contributed by atoms with van der Waals surface area (Å²) in [5.41, 5.74) is 1.71. The molecule has 0 saturated carbocycles. The fraction of sp³-hybridized carbons (Fsp3) is 0.529. The molecule has 2 N–H and O–H groups in total. The highest BCUT2D eigenvalue weighted by Crippen LogP contribution is 2.09. The first-order valence-electron chi connectivity index (χ1n) is 7.40. The Morgan fingerprint density at radius 1 is 1.29 bits per heavy atom. The zero-order chi connectivity index (χ0) is 15.3. The van der Waals surface area contributed by atoms with Crippen LogP contribution in [0.15, 0.2) is 24.3 Å². The van der Waals surface area contributed by atoms with Gasteiger partial charge in [-0.3, -0.25) is 0 Å². The predicted molar refractivity (Wildman–Crippen MR) is 85.4 cm³/mol. The summed E-state index contributed by atoms with van der Waals surface area (Å²) >= 11 is 0. The first-order valence-corrected chi connectivity index (χ1v) is 7.40. The number of unbranched alkanes of at least 4 members (excludes halogenated alkanes) is 1. The van der Waals surface area contributed by atoms with E-state index in [1.54, 1.807) is 0 Å². The standard InChI is InChI=1S/C17H25NO3/c1-3-5-9-20-10-11-21-14-17(19)13-18-16-8-6-7-15(4-2)12-16/h2,6-8,12,17-19H,3,5,9-11,13-14H2,1H3. The van der Waals surface area contributed by atoms with Gasteiger partial charge in [-0.1, -0.05) is 25.3 Å². The molecule has 0 spiro atoms. The van der Waals surface area contributed by atoms with Crippen molar-refractivity contribution < 1.29 is 14.6 Å². The molecule has 0 amide bonds. The smallest absolute Gasteiger partial charge is 0.0945 e. The van der Waals surface area contributed by atoms with Crippen molar-refractivity contribution in [2.75, 3.05) is 38.3 Å². The number of terminal acetylenes is 1. The van der Waals surface area contributed by atoms with Crippen LogP contribution in [-0.2, 0) is 9.47 Å². The molecule has 0 saturated heterocycles. The van der Waals surface area contributed by atoms with E-state index in [1.165, 1.54) is 0 Å². The topological polar surface area (TPSA) is 50.7 Å². The summed E-state index contributed by atoms with van der Waals surface area (Å²) < 4.78 is 10.7. The number of aliphatic hydroxyl groups excluding tert-OH is 1. The van der Waals surface area contributed by atoms with Crippen molar-refractivity contribution >= 4 is 5.69 Å². The van der Waals surface area contributed by atoms with Gasteiger partial charge in [0.25, 0.3) is 0 Å². The molecule has 116 valence electrons. The summed E-state index contributed by atoms with van der Waals surface area (Å²) in [5, 5.41) is 12.9. The average Bonchev–Trinajstić information content (AvgIpc) is 2.52. The summed E-state index contributed by atoms with van der Waals surface area (Å²) in [6.45, 7) is 4.69. The second kappa shape index (κ2) is 11.2. The maximum Gasteiger partial charge on any atom is 0.0945 e. The van der Waals surface area contributed by atoms with Crippen LogP contribution >= 0.6 is 0 Å². The molecule has 4 nitrogen and oxygen atoms in total. The normalized spacial score (nSPS) is 11.9. The molecular formula is C17H25NO3. The Balaban J connectivity index is 2.08. The lowest BCUT2D eigenvalue weighted by Crippen LogP contribution is -2.25. The van der Waals surface area contributed by atoms with Gasteiger partial charge in [0.1, 0.15) is 0 Å². The van der Waals surface area contributed by atoms with Crippen LogP contribution in [0, 0.1) is 12.3 Å². The quantitative estimate of drug-likeness (QED) is 0.485. The van der Waals surface area contributed by atoms with E-state index in [9.17, 15) is 5.11 Å². The minimum Gasteiger partial charge on any atom is -0.389 e. The minimum absolute atomic E-state index is 0.291. The first kappa shape index (κ1) is 17.5. The molecule has 0 heterocycles. The van der Waals surface area contributed by atoms with Gasteiger partial charge in [-0.15, -0.1) is 6.42 Å². The van der Waals surface area contributed by atoms with Crippen molar-refractivity contribution in [3.8, 4) is 12.3 Å². The van der Waals surface area contributed by atoms with Crippen molar-refractivity contribution in [1.82, 2.24) is 0 Å².